The van der Waals surface area contributed by atoms with Gasteiger partial charge in [-0.25, -0.2) is 4.68 Å². The van der Waals surface area contributed by atoms with Gasteiger partial charge in [0.15, 0.2) is 0 Å². The summed E-state index contributed by atoms with van der Waals surface area (Å²) >= 11 is 0. The van der Waals surface area contributed by atoms with Gasteiger partial charge in [-0.3, -0.25) is 9.59 Å². The molecule has 5 rings (SSSR count). The van der Waals surface area contributed by atoms with Crippen LogP contribution in [-0.4, -0.2) is 38.8 Å². The first-order valence-electron chi connectivity index (χ1n) is 12.6. The highest BCUT2D eigenvalue weighted by molar-refractivity contribution is 5.98. The molecule has 1 heterocycles. The van der Waals surface area contributed by atoms with E-state index in [0.717, 1.165) is 16.6 Å². The van der Waals surface area contributed by atoms with Gasteiger partial charge in [-0.05, 0) is 54.4 Å². The molecule has 4 aromatic carbocycles. The SMILES string of the molecule is COc1ccc(NC(=O)C(c2ccc(C)cc2)N(Cc2ccccc2)C(=O)Cn2nnc3ccccc32)cc1. The van der Waals surface area contributed by atoms with Crippen molar-refractivity contribution in [3.8, 4) is 5.75 Å². The Morgan fingerprint density at radius 1 is 0.897 bits per heavy atom. The number of fused-ring (bicyclic) bond motifs is 1. The molecule has 2 amide bonds. The quantitative estimate of drug-likeness (QED) is 0.291. The molecule has 0 aliphatic heterocycles. The smallest absolute Gasteiger partial charge is 0.251 e. The largest absolute Gasteiger partial charge is 0.497 e. The Morgan fingerprint density at radius 3 is 2.31 bits per heavy atom. The number of methoxy groups -OCH3 is 1. The number of rotatable bonds is 9. The number of aryl methyl sites for hydroxylation is 1. The molecule has 0 radical (unpaired) electrons. The van der Waals surface area contributed by atoms with E-state index >= 15 is 0 Å². The Balaban J connectivity index is 1.53. The lowest BCUT2D eigenvalue weighted by atomic mass is 10.0. The van der Waals surface area contributed by atoms with Gasteiger partial charge in [-0.15, -0.1) is 5.10 Å². The number of anilines is 1. The normalized spacial score (nSPS) is 11.6. The van der Waals surface area contributed by atoms with Gasteiger partial charge >= 0.3 is 0 Å². The summed E-state index contributed by atoms with van der Waals surface area (Å²) in [6.45, 7) is 2.16. The summed E-state index contributed by atoms with van der Waals surface area (Å²) in [6, 6.07) is 31.0. The van der Waals surface area contributed by atoms with Crippen molar-refractivity contribution in [3.63, 3.8) is 0 Å². The lowest BCUT2D eigenvalue weighted by molar-refractivity contribution is -0.140. The maximum Gasteiger partial charge on any atom is 0.251 e. The molecule has 196 valence electrons. The molecule has 0 saturated carbocycles. The fourth-order valence-corrected chi connectivity index (χ4v) is 4.46. The van der Waals surface area contributed by atoms with Crippen molar-refractivity contribution in [3.05, 3.63) is 120 Å². The molecular formula is C31H29N5O3. The van der Waals surface area contributed by atoms with Gasteiger partial charge in [0.2, 0.25) is 5.91 Å². The van der Waals surface area contributed by atoms with Crippen LogP contribution in [0.4, 0.5) is 5.69 Å². The Bertz CT molecular complexity index is 1560. The van der Waals surface area contributed by atoms with E-state index in [1.165, 1.54) is 0 Å². The number of hydrogen-bond acceptors (Lipinski definition) is 5. The number of benzene rings is 4. The van der Waals surface area contributed by atoms with E-state index in [4.69, 9.17) is 4.74 Å². The first-order valence-corrected chi connectivity index (χ1v) is 12.6. The van der Waals surface area contributed by atoms with E-state index in [9.17, 15) is 9.59 Å². The van der Waals surface area contributed by atoms with Crippen molar-refractivity contribution in [2.24, 2.45) is 0 Å². The summed E-state index contributed by atoms with van der Waals surface area (Å²) in [6.07, 6.45) is 0. The topological polar surface area (TPSA) is 89.4 Å². The fourth-order valence-electron chi connectivity index (χ4n) is 4.46. The maximum absolute atomic E-state index is 14.0. The number of nitrogens with one attached hydrogen (secondary N) is 1. The van der Waals surface area contributed by atoms with Gasteiger partial charge in [0.1, 0.15) is 23.9 Å². The third-order valence-corrected chi connectivity index (χ3v) is 6.53. The summed E-state index contributed by atoms with van der Waals surface area (Å²) in [5, 5.41) is 11.4. The third-order valence-electron chi connectivity index (χ3n) is 6.53. The number of para-hydroxylation sites is 1. The van der Waals surface area contributed by atoms with Crippen molar-refractivity contribution < 1.29 is 14.3 Å². The fraction of sp³-hybridized carbons (Fsp3) is 0.161. The van der Waals surface area contributed by atoms with Crippen LogP contribution in [0.3, 0.4) is 0 Å². The van der Waals surface area contributed by atoms with E-state index in [-0.39, 0.29) is 24.9 Å². The average Bonchev–Trinajstić information content (AvgIpc) is 3.37. The van der Waals surface area contributed by atoms with Crippen LogP contribution in [0.1, 0.15) is 22.7 Å². The number of amides is 2. The highest BCUT2D eigenvalue weighted by Gasteiger charge is 2.32. The van der Waals surface area contributed by atoms with Crippen molar-refractivity contribution in [1.82, 2.24) is 19.9 Å². The molecule has 0 saturated heterocycles. The van der Waals surface area contributed by atoms with Crippen LogP contribution in [-0.2, 0) is 22.7 Å². The number of ether oxygens (including phenoxy) is 1. The summed E-state index contributed by atoms with van der Waals surface area (Å²) in [5.41, 5.74) is 4.73. The minimum atomic E-state index is -0.893. The van der Waals surface area contributed by atoms with Gasteiger partial charge in [-0.1, -0.05) is 77.5 Å². The number of carbonyl (C=O) groups excluding carboxylic acids is 2. The number of aromatic nitrogens is 3. The lowest BCUT2D eigenvalue weighted by Crippen LogP contribution is -2.42. The molecule has 1 atom stereocenters. The Kier molecular flexibility index (Phi) is 7.63. The minimum absolute atomic E-state index is 0.0640. The highest BCUT2D eigenvalue weighted by Crippen LogP contribution is 2.27. The Morgan fingerprint density at radius 2 is 1.59 bits per heavy atom. The zero-order valence-corrected chi connectivity index (χ0v) is 21.8. The van der Waals surface area contributed by atoms with E-state index in [2.05, 4.69) is 15.6 Å². The molecule has 5 aromatic rings. The first-order chi connectivity index (χ1) is 19.0. The molecule has 0 aliphatic carbocycles. The van der Waals surface area contributed by atoms with Crippen molar-refractivity contribution in [2.45, 2.75) is 26.1 Å². The molecular weight excluding hydrogens is 490 g/mol. The molecule has 8 nitrogen and oxygen atoms in total. The second-order valence-corrected chi connectivity index (χ2v) is 9.27. The van der Waals surface area contributed by atoms with Crippen LogP contribution >= 0.6 is 0 Å². The van der Waals surface area contributed by atoms with Crippen molar-refractivity contribution >= 4 is 28.5 Å². The number of carbonyl (C=O) groups is 2. The van der Waals surface area contributed by atoms with Crippen LogP contribution < -0.4 is 10.1 Å². The van der Waals surface area contributed by atoms with Gasteiger partial charge < -0.3 is 15.0 Å². The van der Waals surface area contributed by atoms with Gasteiger partial charge in [0.25, 0.3) is 5.91 Å². The Labute approximate surface area is 226 Å². The van der Waals surface area contributed by atoms with Crippen LogP contribution in [0.2, 0.25) is 0 Å². The molecule has 1 aromatic heterocycles. The van der Waals surface area contributed by atoms with Crippen LogP contribution in [0.15, 0.2) is 103 Å². The van der Waals surface area contributed by atoms with Gasteiger partial charge in [0, 0.05) is 12.2 Å². The minimum Gasteiger partial charge on any atom is -0.497 e. The third kappa shape index (κ3) is 5.96. The highest BCUT2D eigenvalue weighted by atomic mass is 16.5. The van der Waals surface area contributed by atoms with Gasteiger partial charge in [-0.2, -0.15) is 0 Å². The molecule has 0 spiro atoms. The number of hydrogen-bond donors (Lipinski definition) is 1. The first kappa shape index (κ1) is 25.7. The molecule has 0 fully saturated rings. The summed E-state index contributed by atoms with van der Waals surface area (Å²) in [7, 11) is 1.59. The monoisotopic (exact) mass is 519 g/mol. The molecule has 0 aliphatic rings. The summed E-state index contributed by atoms with van der Waals surface area (Å²) < 4.78 is 6.81. The predicted molar refractivity (Wildman–Crippen MR) is 150 cm³/mol. The van der Waals surface area contributed by atoms with Crippen molar-refractivity contribution in [2.75, 3.05) is 12.4 Å². The van der Waals surface area contributed by atoms with Crippen LogP contribution in [0.5, 0.6) is 5.75 Å². The van der Waals surface area contributed by atoms with Crippen LogP contribution in [0, 0.1) is 6.92 Å². The van der Waals surface area contributed by atoms with E-state index in [0.29, 0.717) is 22.5 Å². The van der Waals surface area contributed by atoms with E-state index in [1.807, 2.05) is 85.8 Å². The van der Waals surface area contributed by atoms with E-state index in [1.54, 1.807) is 41.0 Å². The molecule has 8 heteroatoms. The average molecular weight is 520 g/mol. The van der Waals surface area contributed by atoms with E-state index < -0.39 is 6.04 Å². The lowest BCUT2D eigenvalue weighted by Gasteiger charge is -2.32. The zero-order chi connectivity index (χ0) is 27.2. The molecule has 1 N–H and O–H groups in total. The van der Waals surface area contributed by atoms with Crippen molar-refractivity contribution in [1.29, 1.82) is 0 Å². The Hall–Kier alpha value is -4.98. The standard InChI is InChI=1S/C31H29N5O3/c1-22-12-14-24(15-13-22)30(31(38)32-25-16-18-26(39-2)19-17-25)35(20-23-8-4-3-5-9-23)29(37)21-36-28-11-7-6-10-27(28)33-34-36/h3-19,30H,20-21H2,1-2H3,(H,32,38). The molecule has 39 heavy (non-hydrogen) atoms. The summed E-state index contributed by atoms with van der Waals surface area (Å²) in [4.78, 5) is 29.6. The van der Waals surface area contributed by atoms with Crippen LogP contribution in [0.25, 0.3) is 11.0 Å². The second-order valence-electron chi connectivity index (χ2n) is 9.27. The van der Waals surface area contributed by atoms with Gasteiger partial charge in [0.05, 0.1) is 12.6 Å². The second kappa shape index (κ2) is 11.6. The number of nitrogens with zero attached hydrogens (tertiary/aromatic N) is 4. The zero-order valence-electron chi connectivity index (χ0n) is 21.8. The summed E-state index contributed by atoms with van der Waals surface area (Å²) in [5.74, 6) is 0.103. The predicted octanol–water partition coefficient (Wildman–Crippen LogP) is 5.16. The molecule has 1 unspecified atom stereocenters. The molecule has 0 bridgehead atoms. The maximum atomic E-state index is 14.0.